The van der Waals surface area contributed by atoms with Crippen molar-refractivity contribution in [1.29, 1.82) is 0 Å². The number of halogens is 3. The number of aryl methyl sites for hydroxylation is 1. The summed E-state index contributed by atoms with van der Waals surface area (Å²) in [7, 11) is 0. The van der Waals surface area contributed by atoms with Crippen molar-refractivity contribution in [3.8, 4) is 0 Å². The van der Waals surface area contributed by atoms with Gasteiger partial charge in [-0.1, -0.05) is 0 Å². The lowest BCUT2D eigenvalue weighted by Crippen LogP contribution is -2.61. The third kappa shape index (κ3) is 5.60. The third-order valence-corrected chi connectivity index (χ3v) is 8.33. The van der Waals surface area contributed by atoms with E-state index in [2.05, 4.69) is 35.6 Å². The van der Waals surface area contributed by atoms with Crippen LogP contribution in [0.5, 0.6) is 0 Å². The number of benzene rings is 1. The predicted molar refractivity (Wildman–Crippen MR) is 144 cm³/mol. The molecule has 2 saturated heterocycles. The predicted octanol–water partition coefficient (Wildman–Crippen LogP) is 4.20. The minimum atomic E-state index is -4.55. The van der Waals surface area contributed by atoms with Crippen LogP contribution in [0.3, 0.4) is 0 Å². The Morgan fingerprint density at radius 2 is 1.85 bits per heavy atom. The highest BCUT2D eigenvalue weighted by atomic mass is 32.2. The van der Waals surface area contributed by atoms with Gasteiger partial charge in [-0.3, -0.25) is 14.8 Å². The lowest BCUT2D eigenvalue weighted by Gasteiger charge is -2.47. The molecule has 3 aromatic rings. The fraction of sp³-hybridized carbons (Fsp3) is 0.462. The molecule has 2 aromatic heterocycles. The number of hydrogen-bond acceptors (Lipinski definition) is 9. The number of anilines is 4. The molecule has 3 aliphatic rings. The van der Waals surface area contributed by atoms with E-state index in [1.165, 1.54) is 11.8 Å². The summed E-state index contributed by atoms with van der Waals surface area (Å²) in [5, 5.41) is 13.3. The van der Waals surface area contributed by atoms with Crippen LogP contribution in [0.15, 0.2) is 46.5 Å². The normalized spacial score (nSPS) is 19.2. The number of H-pyrrole nitrogens is 1. The highest BCUT2D eigenvalue weighted by Gasteiger charge is 2.68. The minimum Gasteiger partial charge on any atom is -0.379 e. The van der Waals surface area contributed by atoms with Crippen molar-refractivity contribution in [1.82, 2.24) is 25.1 Å². The van der Waals surface area contributed by atoms with Gasteiger partial charge in [0.1, 0.15) is 22.9 Å². The second-order valence-electron chi connectivity index (χ2n) is 10.3. The summed E-state index contributed by atoms with van der Waals surface area (Å²) < 4.78 is 45.3. The number of hydrogen-bond donors (Lipinski definition) is 3. The highest BCUT2D eigenvalue weighted by Crippen LogP contribution is 2.58. The lowest BCUT2D eigenvalue weighted by atomic mass is 10.1. The van der Waals surface area contributed by atoms with Crippen molar-refractivity contribution in [3.05, 3.63) is 42.1 Å². The molecule has 0 radical (unpaired) electrons. The zero-order valence-electron chi connectivity index (χ0n) is 21.8. The smallest absolute Gasteiger partial charge is 0.379 e. The number of rotatable bonds is 8. The van der Waals surface area contributed by atoms with Gasteiger partial charge in [-0.2, -0.15) is 18.3 Å². The van der Waals surface area contributed by atoms with Crippen LogP contribution in [-0.2, 0) is 9.53 Å². The van der Waals surface area contributed by atoms with Crippen molar-refractivity contribution in [2.45, 2.75) is 42.0 Å². The summed E-state index contributed by atoms with van der Waals surface area (Å²) in [6.45, 7) is 6.99. The van der Waals surface area contributed by atoms with Gasteiger partial charge in [0.2, 0.25) is 5.91 Å². The van der Waals surface area contributed by atoms with Crippen LogP contribution in [0.1, 0.15) is 18.5 Å². The van der Waals surface area contributed by atoms with E-state index in [9.17, 15) is 18.0 Å². The first-order valence-corrected chi connectivity index (χ1v) is 13.9. The fourth-order valence-electron chi connectivity index (χ4n) is 4.85. The van der Waals surface area contributed by atoms with Crippen LogP contribution in [0.4, 0.5) is 36.3 Å². The van der Waals surface area contributed by atoms with Crippen molar-refractivity contribution in [3.63, 3.8) is 0 Å². The van der Waals surface area contributed by atoms with Crippen LogP contribution >= 0.6 is 11.8 Å². The van der Waals surface area contributed by atoms with Gasteiger partial charge in [0, 0.05) is 54.9 Å². The molecule has 212 valence electrons. The Kier molecular flexibility index (Phi) is 7.09. The fourth-order valence-corrected chi connectivity index (χ4v) is 5.62. The molecular weight excluding hydrogens is 545 g/mol. The summed E-state index contributed by atoms with van der Waals surface area (Å²) in [6.07, 6.45) is -4.90. The van der Waals surface area contributed by atoms with E-state index < -0.39 is 17.5 Å². The molecule has 10 nitrogen and oxygen atoms in total. The first kappa shape index (κ1) is 26.8. The maximum atomic E-state index is 13.3. The molecule has 0 atom stereocenters. The topological polar surface area (TPSA) is 111 Å². The van der Waals surface area contributed by atoms with Gasteiger partial charge in [-0.05, 0) is 55.8 Å². The number of amides is 1. The third-order valence-electron chi connectivity index (χ3n) is 7.46. The van der Waals surface area contributed by atoms with Gasteiger partial charge in [0.25, 0.3) is 0 Å². The average Bonchev–Trinajstić information content (AvgIpc) is 3.63. The second-order valence-corrected chi connectivity index (χ2v) is 11.4. The van der Waals surface area contributed by atoms with Crippen LogP contribution in [-0.4, -0.2) is 82.6 Å². The molecule has 0 unspecified atom stereocenters. The quantitative estimate of drug-likeness (QED) is 0.341. The number of carbonyl (C=O) groups is 1. The van der Waals surface area contributed by atoms with E-state index in [0.29, 0.717) is 28.5 Å². The van der Waals surface area contributed by atoms with E-state index >= 15 is 0 Å². The van der Waals surface area contributed by atoms with Gasteiger partial charge in [0.05, 0.1) is 18.9 Å². The first-order chi connectivity index (χ1) is 19.2. The molecule has 2 aliphatic heterocycles. The van der Waals surface area contributed by atoms with Gasteiger partial charge >= 0.3 is 6.18 Å². The Bertz CT molecular complexity index is 1370. The number of alkyl halides is 3. The van der Waals surface area contributed by atoms with E-state index in [1.807, 2.05) is 19.1 Å². The van der Waals surface area contributed by atoms with Crippen LogP contribution < -0.4 is 15.5 Å². The molecule has 0 bridgehead atoms. The number of aromatic amines is 1. The standard InChI is InChI=1S/C26H29F3N8O2S/c1-16-12-21(35-34-16)31-20-13-22(37-14-18(15-37)36-8-10-39-11-9-36)33-24(32-20)40-19-4-2-17(3-5-19)30-23(38)25(6-7-25)26(27,28)29/h2-5,12-13,18H,6-11,14-15H2,1H3,(H,30,38)(H2,31,32,33,34,35). The van der Waals surface area contributed by atoms with E-state index in [0.717, 1.165) is 55.8 Å². The average molecular weight is 575 g/mol. The summed E-state index contributed by atoms with van der Waals surface area (Å²) in [6, 6.07) is 10.9. The van der Waals surface area contributed by atoms with Crippen molar-refractivity contribution >= 4 is 40.8 Å². The molecule has 1 aromatic carbocycles. The van der Waals surface area contributed by atoms with E-state index in [-0.39, 0.29) is 12.8 Å². The number of carbonyl (C=O) groups excluding carboxylic acids is 1. The SMILES string of the molecule is Cc1cc(Nc2cc(N3CC(N4CCOCC4)C3)nc(Sc3ccc(NC(=O)C4(C(F)(F)F)CC4)cc3)n2)[nH]n1. The van der Waals surface area contributed by atoms with Gasteiger partial charge in [-0.25, -0.2) is 9.97 Å². The molecule has 40 heavy (non-hydrogen) atoms. The first-order valence-electron chi connectivity index (χ1n) is 13.1. The lowest BCUT2D eigenvalue weighted by molar-refractivity contribution is -0.189. The van der Waals surface area contributed by atoms with Gasteiger partial charge in [-0.15, -0.1) is 0 Å². The molecule has 14 heteroatoms. The molecular formula is C26H29F3N8O2S. The molecule has 6 rings (SSSR count). The van der Waals surface area contributed by atoms with Gasteiger partial charge in [0.15, 0.2) is 5.16 Å². The maximum absolute atomic E-state index is 13.3. The van der Waals surface area contributed by atoms with Crippen LogP contribution in [0.2, 0.25) is 0 Å². The minimum absolute atomic E-state index is 0.178. The molecule has 0 spiro atoms. The largest absolute Gasteiger partial charge is 0.403 e. The number of nitrogens with one attached hydrogen (secondary N) is 3. The molecule has 3 fully saturated rings. The second kappa shape index (κ2) is 10.6. The Morgan fingerprint density at radius 1 is 1.12 bits per heavy atom. The Morgan fingerprint density at radius 3 is 2.48 bits per heavy atom. The zero-order valence-corrected chi connectivity index (χ0v) is 22.6. The molecule has 4 heterocycles. The monoisotopic (exact) mass is 574 g/mol. The molecule has 1 aliphatic carbocycles. The van der Waals surface area contributed by atoms with Crippen LogP contribution in [0, 0.1) is 12.3 Å². The Hall–Kier alpha value is -3.36. The van der Waals surface area contributed by atoms with Gasteiger partial charge < -0.3 is 20.3 Å². The number of aromatic nitrogens is 4. The van der Waals surface area contributed by atoms with E-state index in [1.54, 1.807) is 24.3 Å². The molecule has 3 N–H and O–H groups in total. The van der Waals surface area contributed by atoms with Crippen molar-refractivity contribution in [2.24, 2.45) is 5.41 Å². The summed E-state index contributed by atoms with van der Waals surface area (Å²) >= 11 is 1.33. The Labute approximate surface area is 233 Å². The summed E-state index contributed by atoms with van der Waals surface area (Å²) in [4.78, 5) is 27.2. The van der Waals surface area contributed by atoms with Crippen LogP contribution in [0.25, 0.3) is 0 Å². The summed E-state index contributed by atoms with van der Waals surface area (Å²) in [5.41, 5.74) is -1.10. The number of morpholine rings is 1. The zero-order chi connectivity index (χ0) is 27.9. The van der Waals surface area contributed by atoms with Crippen molar-refractivity contribution < 1.29 is 22.7 Å². The maximum Gasteiger partial charge on any atom is 0.403 e. The Balaban J connectivity index is 1.16. The number of ether oxygens (including phenoxy) is 1. The number of nitrogens with zero attached hydrogens (tertiary/aromatic N) is 5. The molecule has 1 amide bonds. The highest BCUT2D eigenvalue weighted by molar-refractivity contribution is 7.99. The van der Waals surface area contributed by atoms with Crippen molar-refractivity contribution in [2.75, 3.05) is 54.9 Å². The van der Waals surface area contributed by atoms with E-state index in [4.69, 9.17) is 9.72 Å². The molecule has 1 saturated carbocycles. The summed E-state index contributed by atoms with van der Waals surface area (Å²) in [5.74, 6) is 1.11.